The van der Waals surface area contributed by atoms with Gasteiger partial charge in [0.05, 0.1) is 16.6 Å². The van der Waals surface area contributed by atoms with Gasteiger partial charge in [0.15, 0.2) is 5.96 Å². The van der Waals surface area contributed by atoms with Crippen molar-refractivity contribution in [2.75, 3.05) is 13.6 Å². The van der Waals surface area contributed by atoms with E-state index < -0.39 is 12.1 Å². The van der Waals surface area contributed by atoms with Crippen molar-refractivity contribution < 1.29 is 13.2 Å². The van der Waals surface area contributed by atoms with E-state index >= 15 is 0 Å². The van der Waals surface area contributed by atoms with Crippen LogP contribution in [0.3, 0.4) is 0 Å². The molecule has 4 nitrogen and oxygen atoms in total. The number of halogens is 4. The Morgan fingerprint density at radius 3 is 2.56 bits per heavy atom. The molecule has 0 spiro atoms. The molecule has 156 valence electrons. The van der Waals surface area contributed by atoms with Gasteiger partial charge in [-0.15, -0.1) is 35.3 Å². The Hall–Kier alpha value is -0.580. The lowest BCUT2D eigenvalue weighted by molar-refractivity contribution is -0.183. The number of rotatable bonds is 4. The molecule has 0 amide bonds. The van der Waals surface area contributed by atoms with Crippen LogP contribution in [-0.4, -0.2) is 36.8 Å². The van der Waals surface area contributed by atoms with Crippen molar-refractivity contribution in [1.82, 2.24) is 15.6 Å². The zero-order valence-corrected chi connectivity index (χ0v) is 19.5. The van der Waals surface area contributed by atoms with Crippen molar-refractivity contribution in [1.29, 1.82) is 0 Å². The Morgan fingerprint density at radius 1 is 1.30 bits per heavy atom. The highest BCUT2D eigenvalue weighted by atomic mass is 127. The number of guanidine groups is 1. The maximum absolute atomic E-state index is 12.9. The first-order valence-electron chi connectivity index (χ1n) is 9.08. The molecule has 0 bridgehead atoms. The highest BCUT2D eigenvalue weighted by molar-refractivity contribution is 14.0. The van der Waals surface area contributed by atoms with Crippen LogP contribution < -0.4 is 10.6 Å². The maximum atomic E-state index is 12.9. The summed E-state index contributed by atoms with van der Waals surface area (Å²) >= 11 is 1.64. The van der Waals surface area contributed by atoms with Gasteiger partial charge in [-0.1, -0.05) is 27.2 Å². The molecule has 1 saturated carbocycles. The van der Waals surface area contributed by atoms with Crippen molar-refractivity contribution >= 4 is 41.3 Å². The summed E-state index contributed by atoms with van der Waals surface area (Å²) in [6, 6.07) is -0.186. The number of aromatic nitrogens is 1. The fraction of sp³-hybridized carbons (Fsp3) is 0.778. The minimum atomic E-state index is -4.10. The molecule has 1 aromatic heterocycles. The normalized spacial score (nSPS) is 21.5. The average molecular weight is 518 g/mol. The average Bonchev–Trinajstić information content (AvgIpc) is 3.02. The molecule has 0 aromatic carbocycles. The van der Waals surface area contributed by atoms with Crippen LogP contribution in [0.5, 0.6) is 0 Å². The first kappa shape index (κ1) is 24.5. The molecule has 2 N–H and O–H groups in total. The fourth-order valence-corrected chi connectivity index (χ4v) is 4.09. The lowest BCUT2D eigenvalue weighted by Gasteiger charge is -2.31. The van der Waals surface area contributed by atoms with E-state index in [-0.39, 0.29) is 48.3 Å². The SMILES string of the molecule is CN=C(NCCc1nc(C(C)(C)C)cs1)NC1CCCC(C(F)(F)F)C1.I. The molecule has 1 fully saturated rings. The number of nitrogens with one attached hydrogen (secondary N) is 2. The van der Waals surface area contributed by atoms with E-state index in [1.807, 2.05) is 0 Å². The van der Waals surface area contributed by atoms with E-state index in [9.17, 15) is 13.2 Å². The Kier molecular flexibility index (Phi) is 9.30. The maximum Gasteiger partial charge on any atom is 0.391 e. The van der Waals surface area contributed by atoms with Crippen molar-refractivity contribution in [2.45, 2.75) is 70.5 Å². The second kappa shape index (κ2) is 10.3. The molecule has 2 rings (SSSR count). The van der Waals surface area contributed by atoms with Gasteiger partial charge in [0.2, 0.25) is 0 Å². The zero-order chi connectivity index (χ0) is 19.4. The second-order valence-electron chi connectivity index (χ2n) is 7.87. The molecule has 1 heterocycles. The molecule has 1 aromatic rings. The van der Waals surface area contributed by atoms with Gasteiger partial charge < -0.3 is 10.6 Å². The lowest BCUT2D eigenvalue weighted by atomic mass is 9.85. The minimum Gasteiger partial charge on any atom is -0.356 e. The van der Waals surface area contributed by atoms with E-state index in [1.54, 1.807) is 18.4 Å². The smallest absolute Gasteiger partial charge is 0.356 e. The number of alkyl halides is 3. The standard InChI is InChI=1S/C18H29F3N4S.HI/c1-17(2,3)14-11-26-15(25-14)8-9-23-16(22-4)24-13-7-5-6-12(10-13)18(19,20)21;/h11-13H,5-10H2,1-4H3,(H2,22,23,24);1H. The second-order valence-corrected chi connectivity index (χ2v) is 8.81. The summed E-state index contributed by atoms with van der Waals surface area (Å²) in [5.41, 5.74) is 1.12. The van der Waals surface area contributed by atoms with Gasteiger partial charge in [-0.05, 0) is 19.3 Å². The Balaban J connectivity index is 0.00000364. The van der Waals surface area contributed by atoms with Crippen LogP contribution in [0.25, 0.3) is 0 Å². The summed E-state index contributed by atoms with van der Waals surface area (Å²) < 4.78 is 38.8. The lowest BCUT2D eigenvalue weighted by Crippen LogP contribution is -2.47. The third-order valence-electron chi connectivity index (χ3n) is 4.65. The van der Waals surface area contributed by atoms with Crippen LogP contribution in [0.1, 0.15) is 57.2 Å². The van der Waals surface area contributed by atoms with Gasteiger partial charge in [0.25, 0.3) is 0 Å². The number of thiazole rings is 1. The number of hydrogen-bond acceptors (Lipinski definition) is 3. The highest BCUT2D eigenvalue weighted by Crippen LogP contribution is 2.37. The topological polar surface area (TPSA) is 49.3 Å². The predicted octanol–water partition coefficient (Wildman–Crippen LogP) is 4.89. The summed E-state index contributed by atoms with van der Waals surface area (Å²) in [6.45, 7) is 7.04. The molecule has 1 aliphatic rings. The monoisotopic (exact) mass is 518 g/mol. The van der Waals surface area contributed by atoms with Gasteiger partial charge in [-0.2, -0.15) is 13.2 Å². The van der Waals surface area contributed by atoms with Crippen molar-refractivity contribution in [3.8, 4) is 0 Å². The summed E-state index contributed by atoms with van der Waals surface area (Å²) in [5.74, 6) is -0.650. The third-order valence-corrected chi connectivity index (χ3v) is 5.56. The fourth-order valence-electron chi connectivity index (χ4n) is 3.06. The van der Waals surface area contributed by atoms with Gasteiger partial charge in [0, 0.05) is 36.9 Å². The summed E-state index contributed by atoms with van der Waals surface area (Å²) in [7, 11) is 1.64. The Morgan fingerprint density at radius 2 is 2.00 bits per heavy atom. The molecule has 0 aliphatic heterocycles. The molecular weight excluding hydrogens is 488 g/mol. The van der Waals surface area contributed by atoms with Crippen LogP contribution in [0.15, 0.2) is 10.4 Å². The van der Waals surface area contributed by atoms with E-state index in [2.05, 4.69) is 46.8 Å². The summed E-state index contributed by atoms with van der Waals surface area (Å²) in [4.78, 5) is 8.79. The molecule has 27 heavy (non-hydrogen) atoms. The first-order valence-corrected chi connectivity index (χ1v) is 9.96. The molecule has 2 unspecified atom stereocenters. The molecule has 9 heteroatoms. The van der Waals surface area contributed by atoms with E-state index in [0.29, 0.717) is 18.9 Å². The van der Waals surface area contributed by atoms with E-state index in [4.69, 9.17) is 0 Å². The molecule has 2 atom stereocenters. The Labute approximate surface area is 180 Å². The Bertz CT molecular complexity index is 610. The molecule has 0 saturated heterocycles. The van der Waals surface area contributed by atoms with E-state index in [1.165, 1.54) is 0 Å². The van der Waals surface area contributed by atoms with Crippen LogP contribution >= 0.6 is 35.3 Å². The largest absolute Gasteiger partial charge is 0.391 e. The van der Waals surface area contributed by atoms with Crippen LogP contribution in [0, 0.1) is 5.92 Å². The molecule has 1 aliphatic carbocycles. The molecule has 0 radical (unpaired) electrons. The predicted molar refractivity (Wildman–Crippen MR) is 116 cm³/mol. The van der Waals surface area contributed by atoms with E-state index in [0.717, 1.165) is 23.5 Å². The van der Waals surface area contributed by atoms with Gasteiger partial charge >= 0.3 is 6.18 Å². The van der Waals surface area contributed by atoms with Crippen LogP contribution in [-0.2, 0) is 11.8 Å². The summed E-state index contributed by atoms with van der Waals surface area (Å²) in [6.07, 6.45) is -1.66. The first-order chi connectivity index (χ1) is 12.1. The summed E-state index contributed by atoms with van der Waals surface area (Å²) in [5, 5.41) is 9.47. The van der Waals surface area contributed by atoms with Crippen molar-refractivity contribution in [2.24, 2.45) is 10.9 Å². The van der Waals surface area contributed by atoms with Gasteiger partial charge in [-0.25, -0.2) is 4.98 Å². The number of nitrogens with zero attached hydrogens (tertiary/aromatic N) is 2. The van der Waals surface area contributed by atoms with Crippen LogP contribution in [0.2, 0.25) is 0 Å². The minimum absolute atomic E-state index is 0. The highest BCUT2D eigenvalue weighted by Gasteiger charge is 2.42. The third kappa shape index (κ3) is 7.75. The zero-order valence-electron chi connectivity index (χ0n) is 16.3. The number of aliphatic imine (C=N–C) groups is 1. The van der Waals surface area contributed by atoms with Gasteiger partial charge in [-0.3, -0.25) is 4.99 Å². The van der Waals surface area contributed by atoms with Crippen LogP contribution in [0.4, 0.5) is 13.2 Å². The van der Waals surface area contributed by atoms with Crippen molar-refractivity contribution in [3.05, 3.63) is 16.1 Å². The number of hydrogen-bond donors (Lipinski definition) is 2. The molecular formula is C18H30F3IN4S. The van der Waals surface area contributed by atoms with Crippen molar-refractivity contribution in [3.63, 3.8) is 0 Å². The van der Waals surface area contributed by atoms with Gasteiger partial charge in [0.1, 0.15) is 0 Å². The quantitative estimate of drug-likeness (QED) is 0.339.